The molecule has 0 saturated heterocycles. The Labute approximate surface area is 206 Å². The van der Waals surface area contributed by atoms with Crippen molar-refractivity contribution in [3.8, 4) is 11.5 Å². The molecule has 184 valence electrons. The summed E-state index contributed by atoms with van der Waals surface area (Å²) in [7, 11) is 0. The number of nitrogens with one attached hydrogen (secondary N) is 1. The van der Waals surface area contributed by atoms with E-state index >= 15 is 0 Å². The molecule has 1 aliphatic rings. The molecule has 1 heterocycles. The fourth-order valence-corrected chi connectivity index (χ4v) is 4.72. The molecule has 6 nitrogen and oxygen atoms in total. The van der Waals surface area contributed by atoms with Crippen molar-refractivity contribution in [2.24, 2.45) is 11.3 Å². The van der Waals surface area contributed by atoms with Crippen molar-refractivity contribution >= 4 is 22.6 Å². The molecule has 1 saturated carbocycles. The molecule has 6 heteroatoms. The first-order chi connectivity index (χ1) is 16.6. The third kappa shape index (κ3) is 5.99. The van der Waals surface area contributed by atoms with Gasteiger partial charge in [0, 0.05) is 11.1 Å². The second-order valence-corrected chi connectivity index (χ2v) is 10.7. The monoisotopic (exact) mass is 474 g/mol. The Morgan fingerprint density at radius 2 is 1.71 bits per heavy atom. The topological polar surface area (TPSA) is 88.5 Å². The van der Waals surface area contributed by atoms with Crippen molar-refractivity contribution < 1.29 is 19.4 Å². The molecule has 35 heavy (non-hydrogen) atoms. The quantitative estimate of drug-likeness (QED) is 0.420. The number of carbonyl (C=O) groups excluding carboxylic acids is 1. The van der Waals surface area contributed by atoms with Crippen LogP contribution in [-0.2, 0) is 11.2 Å². The number of fused-ring (bicyclic) bond motifs is 1. The molecule has 0 radical (unpaired) electrons. The van der Waals surface area contributed by atoms with Gasteiger partial charge in [-0.2, -0.15) is 0 Å². The van der Waals surface area contributed by atoms with Gasteiger partial charge in [0.15, 0.2) is 0 Å². The summed E-state index contributed by atoms with van der Waals surface area (Å²) in [5, 5.41) is 14.2. The second-order valence-electron chi connectivity index (χ2n) is 10.7. The number of ether oxygens (including phenoxy) is 1. The minimum absolute atomic E-state index is 0.244. The van der Waals surface area contributed by atoms with Gasteiger partial charge in [-0.15, -0.1) is 0 Å². The maximum absolute atomic E-state index is 13.1. The summed E-state index contributed by atoms with van der Waals surface area (Å²) in [6.07, 6.45) is 5.54. The van der Waals surface area contributed by atoms with Crippen LogP contribution in [0.4, 0.5) is 0 Å². The van der Waals surface area contributed by atoms with Gasteiger partial charge in [0.25, 0.3) is 5.91 Å². The lowest BCUT2D eigenvalue weighted by Gasteiger charge is -2.27. The van der Waals surface area contributed by atoms with E-state index in [1.165, 1.54) is 18.4 Å². The lowest BCUT2D eigenvalue weighted by atomic mass is 9.86. The number of amides is 1. The van der Waals surface area contributed by atoms with Crippen LogP contribution in [-0.4, -0.2) is 28.0 Å². The molecular weight excluding hydrogens is 440 g/mol. The van der Waals surface area contributed by atoms with Gasteiger partial charge in [0.1, 0.15) is 23.2 Å². The molecule has 1 amide bonds. The lowest BCUT2D eigenvalue weighted by Crippen LogP contribution is -2.49. The van der Waals surface area contributed by atoms with Crippen molar-refractivity contribution in [1.82, 2.24) is 10.3 Å². The third-order valence-electron chi connectivity index (χ3n) is 6.72. The van der Waals surface area contributed by atoms with Gasteiger partial charge >= 0.3 is 5.97 Å². The van der Waals surface area contributed by atoms with Gasteiger partial charge in [-0.1, -0.05) is 70.2 Å². The van der Waals surface area contributed by atoms with Crippen LogP contribution in [0.25, 0.3) is 10.8 Å². The van der Waals surface area contributed by atoms with Gasteiger partial charge in [-0.05, 0) is 60.4 Å². The summed E-state index contributed by atoms with van der Waals surface area (Å²) in [4.78, 5) is 29.7. The Morgan fingerprint density at radius 3 is 2.34 bits per heavy atom. The number of carboxylic acid groups (broad SMARTS) is 1. The molecule has 1 aromatic heterocycles. The summed E-state index contributed by atoms with van der Waals surface area (Å²) in [6.45, 7) is 7.41. The Balaban J connectivity index is 1.69. The van der Waals surface area contributed by atoms with E-state index in [1.807, 2.05) is 49.4 Å². The van der Waals surface area contributed by atoms with Crippen molar-refractivity contribution in [1.29, 1.82) is 0 Å². The molecule has 1 aliphatic carbocycles. The van der Waals surface area contributed by atoms with Crippen molar-refractivity contribution in [3.05, 3.63) is 65.5 Å². The Morgan fingerprint density at radius 1 is 1.06 bits per heavy atom. The fourth-order valence-electron chi connectivity index (χ4n) is 4.72. The number of nitrogens with zero attached hydrogens (tertiary/aromatic N) is 1. The van der Waals surface area contributed by atoms with E-state index in [9.17, 15) is 14.7 Å². The summed E-state index contributed by atoms with van der Waals surface area (Å²) in [6, 6.07) is 14.4. The average molecular weight is 475 g/mol. The molecule has 1 fully saturated rings. The number of hydrogen-bond donors (Lipinski definition) is 2. The maximum atomic E-state index is 13.1. The molecule has 2 aromatic carbocycles. The minimum atomic E-state index is -1.06. The zero-order chi connectivity index (χ0) is 25.2. The minimum Gasteiger partial charge on any atom is -0.480 e. The standard InChI is InChI=1S/C29H34N2O4/c1-18-9-12-21(13-10-18)35-22-14-11-20-16-25(27(32)31-26(28(33)34)29(2,3)4)30-24(23(20)17-22)15-19-7-5-6-8-19/h9-14,16-17,19,26H,5-8,15H2,1-4H3,(H,31,32)(H,33,34)/t26-/m1/s1. The van der Waals surface area contributed by atoms with Crippen LogP contribution in [0, 0.1) is 18.3 Å². The fraction of sp³-hybridized carbons (Fsp3) is 0.414. The van der Waals surface area contributed by atoms with Crippen LogP contribution in [0.5, 0.6) is 11.5 Å². The highest BCUT2D eigenvalue weighted by molar-refractivity contribution is 5.99. The van der Waals surface area contributed by atoms with Crippen LogP contribution in [0.3, 0.4) is 0 Å². The number of carboxylic acids is 1. The van der Waals surface area contributed by atoms with E-state index in [0.29, 0.717) is 11.7 Å². The highest BCUT2D eigenvalue weighted by Crippen LogP contribution is 2.33. The Kier molecular flexibility index (Phi) is 7.10. The van der Waals surface area contributed by atoms with Gasteiger partial charge < -0.3 is 15.2 Å². The highest BCUT2D eigenvalue weighted by atomic mass is 16.5. The SMILES string of the molecule is Cc1ccc(Oc2ccc3cc(C(=O)N[C@H](C(=O)O)C(C)(C)C)nc(CC4CCCC4)c3c2)cc1. The number of hydrogen-bond acceptors (Lipinski definition) is 4. The molecule has 0 spiro atoms. The smallest absolute Gasteiger partial charge is 0.326 e. The normalized spacial score (nSPS) is 15.2. The first-order valence-electron chi connectivity index (χ1n) is 12.3. The first-order valence-corrected chi connectivity index (χ1v) is 12.3. The lowest BCUT2D eigenvalue weighted by molar-refractivity contribution is -0.142. The predicted molar refractivity (Wildman–Crippen MR) is 137 cm³/mol. The van der Waals surface area contributed by atoms with Crippen molar-refractivity contribution in [2.45, 2.75) is 65.8 Å². The zero-order valence-electron chi connectivity index (χ0n) is 20.9. The van der Waals surface area contributed by atoms with Crippen LogP contribution in [0.2, 0.25) is 0 Å². The number of benzene rings is 2. The highest BCUT2D eigenvalue weighted by Gasteiger charge is 2.33. The molecule has 2 N–H and O–H groups in total. The van der Waals surface area contributed by atoms with Crippen molar-refractivity contribution in [3.63, 3.8) is 0 Å². The number of aromatic nitrogens is 1. The number of aryl methyl sites for hydroxylation is 1. The van der Waals surface area contributed by atoms with Gasteiger partial charge in [0.2, 0.25) is 0 Å². The van der Waals surface area contributed by atoms with Gasteiger partial charge in [0.05, 0.1) is 0 Å². The number of rotatable bonds is 7. The van der Waals surface area contributed by atoms with E-state index < -0.39 is 23.3 Å². The largest absolute Gasteiger partial charge is 0.480 e. The molecule has 1 atom stereocenters. The van der Waals surface area contributed by atoms with Crippen LogP contribution >= 0.6 is 0 Å². The van der Waals surface area contributed by atoms with Crippen LogP contribution in [0.1, 0.15) is 68.2 Å². The molecular formula is C29H34N2O4. The van der Waals surface area contributed by atoms with Gasteiger partial charge in [-0.3, -0.25) is 4.79 Å². The number of pyridine rings is 1. The molecule has 0 aliphatic heterocycles. The van der Waals surface area contributed by atoms with E-state index in [4.69, 9.17) is 9.72 Å². The average Bonchev–Trinajstić information content (AvgIpc) is 3.31. The van der Waals surface area contributed by atoms with Crippen LogP contribution in [0.15, 0.2) is 48.5 Å². The Hall–Kier alpha value is -3.41. The summed E-state index contributed by atoms with van der Waals surface area (Å²) in [5.41, 5.74) is 1.64. The molecule has 0 unspecified atom stereocenters. The first kappa shape index (κ1) is 24.7. The number of aliphatic carboxylic acids is 1. The second kappa shape index (κ2) is 10.1. The van der Waals surface area contributed by atoms with E-state index in [1.54, 1.807) is 26.8 Å². The maximum Gasteiger partial charge on any atom is 0.326 e. The van der Waals surface area contributed by atoms with E-state index in [0.717, 1.165) is 41.5 Å². The molecule has 3 aromatic rings. The predicted octanol–water partition coefficient (Wildman–Crippen LogP) is 6.30. The van der Waals surface area contributed by atoms with Crippen molar-refractivity contribution in [2.75, 3.05) is 0 Å². The summed E-state index contributed by atoms with van der Waals surface area (Å²) in [5.74, 6) is 0.481. The molecule has 4 rings (SSSR count). The molecule has 0 bridgehead atoms. The summed E-state index contributed by atoms with van der Waals surface area (Å²) >= 11 is 0. The zero-order valence-corrected chi connectivity index (χ0v) is 20.9. The van der Waals surface area contributed by atoms with E-state index in [-0.39, 0.29) is 5.69 Å². The third-order valence-corrected chi connectivity index (χ3v) is 6.72. The van der Waals surface area contributed by atoms with Gasteiger partial charge in [-0.25, -0.2) is 9.78 Å². The van der Waals surface area contributed by atoms with Crippen LogP contribution < -0.4 is 10.1 Å². The van der Waals surface area contributed by atoms with E-state index in [2.05, 4.69) is 5.32 Å². The summed E-state index contributed by atoms with van der Waals surface area (Å²) < 4.78 is 6.09. The Bertz CT molecular complexity index is 1220. The number of carbonyl (C=O) groups is 2.